The number of carbonyl (C=O) groups is 1. The number of rotatable bonds is 4. The zero-order chi connectivity index (χ0) is 19.4. The molecule has 4 aliphatic carbocycles. The van der Waals surface area contributed by atoms with Gasteiger partial charge in [0.15, 0.2) is 0 Å². The van der Waals surface area contributed by atoms with E-state index in [0.717, 1.165) is 56.7 Å². The second kappa shape index (κ2) is 6.86. The maximum atomic E-state index is 13.9. The van der Waals surface area contributed by atoms with Crippen molar-refractivity contribution >= 4 is 5.91 Å². The third-order valence-corrected chi connectivity index (χ3v) is 8.57. The quantitative estimate of drug-likeness (QED) is 0.845. The largest absolute Gasteiger partial charge is 0.342 e. The van der Waals surface area contributed by atoms with Crippen LogP contribution in [0.4, 0.5) is 0 Å². The molecule has 5 fully saturated rings. The minimum Gasteiger partial charge on any atom is -0.342 e. The Morgan fingerprint density at radius 3 is 2.32 bits per heavy atom. The molecule has 28 heavy (non-hydrogen) atoms. The molecule has 4 bridgehead atoms. The van der Waals surface area contributed by atoms with Gasteiger partial charge >= 0.3 is 0 Å². The van der Waals surface area contributed by atoms with Gasteiger partial charge in [-0.3, -0.25) is 4.79 Å². The summed E-state index contributed by atoms with van der Waals surface area (Å²) in [7, 11) is 2.04. The SMILES string of the molecule is CNCC1CCN(C(=O)C23CC4CC(C2)CC(c2ccc(C)cc2)(C4)C3)CC1. The number of piperidine rings is 1. The van der Waals surface area contributed by atoms with E-state index in [4.69, 9.17) is 0 Å². The number of amides is 1. The van der Waals surface area contributed by atoms with Crippen LogP contribution in [0.1, 0.15) is 62.5 Å². The molecule has 1 amide bonds. The molecule has 2 atom stereocenters. The maximum absolute atomic E-state index is 13.9. The molecule has 1 heterocycles. The van der Waals surface area contributed by atoms with Crippen molar-refractivity contribution in [3.8, 4) is 0 Å². The number of benzene rings is 1. The van der Waals surface area contributed by atoms with E-state index in [1.54, 1.807) is 0 Å². The van der Waals surface area contributed by atoms with E-state index in [0.29, 0.717) is 5.91 Å². The van der Waals surface area contributed by atoms with Gasteiger partial charge in [-0.15, -0.1) is 0 Å². The van der Waals surface area contributed by atoms with E-state index in [-0.39, 0.29) is 10.8 Å². The lowest BCUT2D eigenvalue weighted by atomic mass is 9.42. The number of nitrogens with zero attached hydrogens (tertiary/aromatic N) is 1. The van der Waals surface area contributed by atoms with Crippen molar-refractivity contribution in [1.29, 1.82) is 0 Å². The van der Waals surface area contributed by atoms with Gasteiger partial charge in [0.1, 0.15) is 0 Å². The molecule has 0 aromatic heterocycles. The average molecular weight is 381 g/mol. The van der Waals surface area contributed by atoms with Crippen LogP contribution in [0, 0.1) is 30.1 Å². The Balaban J connectivity index is 1.39. The van der Waals surface area contributed by atoms with Crippen LogP contribution in [0.5, 0.6) is 0 Å². The van der Waals surface area contributed by atoms with Gasteiger partial charge in [0.25, 0.3) is 0 Å². The fourth-order valence-electron chi connectivity index (χ4n) is 7.72. The molecule has 3 nitrogen and oxygen atoms in total. The summed E-state index contributed by atoms with van der Waals surface area (Å²) in [4.78, 5) is 16.1. The summed E-state index contributed by atoms with van der Waals surface area (Å²) < 4.78 is 0. The normalized spacial score (nSPS) is 37.4. The fraction of sp³-hybridized carbons (Fsp3) is 0.720. The number of carbonyl (C=O) groups excluding carboxylic acids is 1. The summed E-state index contributed by atoms with van der Waals surface area (Å²) in [6.07, 6.45) is 9.74. The minimum atomic E-state index is -0.0647. The summed E-state index contributed by atoms with van der Waals surface area (Å²) in [5.41, 5.74) is 3.05. The fourth-order valence-corrected chi connectivity index (χ4v) is 7.72. The highest BCUT2D eigenvalue weighted by Crippen LogP contribution is 2.66. The first kappa shape index (κ1) is 18.7. The van der Waals surface area contributed by atoms with Crippen LogP contribution in [0.25, 0.3) is 0 Å². The Bertz CT molecular complexity index is 717. The topological polar surface area (TPSA) is 32.3 Å². The van der Waals surface area contributed by atoms with Crippen molar-refractivity contribution < 1.29 is 4.79 Å². The van der Waals surface area contributed by atoms with Gasteiger partial charge in [-0.25, -0.2) is 0 Å². The molecule has 1 aromatic rings. The van der Waals surface area contributed by atoms with Gasteiger partial charge in [0.2, 0.25) is 5.91 Å². The molecule has 1 aliphatic heterocycles. The first-order chi connectivity index (χ1) is 13.5. The Morgan fingerprint density at radius 2 is 1.71 bits per heavy atom. The zero-order valence-corrected chi connectivity index (χ0v) is 17.7. The number of nitrogens with one attached hydrogen (secondary N) is 1. The van der Waals surface area contributed by atoms with Crippen LogP contribution < -0.4 is 5.32 Å². The van der Waals surface area contributed by atoms with E-state index >= 15 is 0 Å². The van der Waals surface area contributed by atoms with Crippen LogP contribution in [0.2, 0.25) is 0 Å². The van der Waals surface area contributed by atoms with Crippen molar-refractivity contribution in [2.45, 2.75) is 63.7 Å². The van der Waals surface area contributed by atoms with Crippen molar-refractivity contribution in [1.82, 2.24) is 10.2 Å². The Labute approximate surface area is 170 Å². The van der Waals surface area contributed by atoms with Gasteiger partial charge in [0, 0.05) is 13.1 Å². The molecule has 2 unspecified atom stereocenters. The Hall–Kier alpha value is -1.35. The molecule has 1 aromatic carbocycles. The van der Waals surface area contributed by atoms with E-state index in [9.17, 15) is 4.79 Å². The van der Waals surface area contributed by atoms with Gasteiger partial charge in [-0.1, -0.05) is 29.8 Å². The Kier molecular flexibility index (Phi) is 4.58. The zero-order valence-electron chi connectivity index (χ0n) is 17.7. The number of likely N-dealkylation sites (tertiary alicyclic amines) is 1. The van der Waals surface area contributed by atoms with E-state index in [1.165, 1.54) is 43.2 Å². The minimum absolute atomic E-state index is 0.0647. The highest BCUT2D eigenvalue weighted by atomic mass is 16.2. The highest BCUT2D eigenvalue weighted by molar-refractivity contribution is 5.83. The van der Waals surface area contributed by atoms with Crippen molar-refractivity contribution in [3.63, 3.8) is 0 Å². The van der Waals surface area contributed by atoms with Crippen LogP contribution >= 0.6 is 0 Å². The summed E-state index contributed by atoms with van der Waals surface area (Å²) in [5.74, 6) is 2.77. The summed E-state index contributed by atoms with van der Waals surface area (Å²) >= 11 is 0. The van der Waals surface area contributed by atoms with Gasteiger partial charge in [-0.2, -0.15) is 0 Å². The predicted molar refractivity (Wildman–Crippen MR) is 113 cm³/mol. The van der Waals surface area contributed by atoms with E-state index < -0.39 is 0 Å². The van der Waals surface area contributed by atoms with Gasteiger partial charge < -0.3 is 10.2 Å². The second-order valence-electron chi connectivity index (χ2n) is 10.7. The van der Waals surface area contributed by atoms with E-state index in [1.807, 2.05) is 7.05 Å². The molecular weight excluding hydrogens is 344 g/mol. The molecule has 0 radical (unpaired) electrons. The molecule has 1 saturated heterocycles. The monoisotopic (exact) mass is 380 g/mol. The molecule has 4 saturated carbocycles. The second-order valence-corrected chi connectivity index (χ2v) is 10.7. The molecule has 5 aliphatic rings. The van der Waals surface area contributed by atoms with Crippen LogP contribution in [0.15, 0.2) is 24.3 Å². The Morgan fingerprint density at radius 1 is 1.07 bits per heavy atom. The number of aryl methyl sites for hydroxylation is 1. The van der Waals surface area contributed by atoms with Crippen LogP contribution in [0.3, 0.4) is 0 Å². The third-order valence-electron chi connectivity index (χ3n) is 8.57. The first-order valence-corrected chi connectivity index (χ1v) is 11.5. The van der Waals surface area contributed by atoms with Gasteiger partial charge in [-0.05, 0) is 101 Å². The van der Waals surface area contributed by atoms with Gasteiger partial charge in [0.05, 0.1) is 5.41 Å². The van der Waals surface area contributed by atoms with E-state index in [2.05, 4.69) is 41.4 Å². The highest BCUT2D eigenvalue weighted by Gasteiger charge is 2.61. The lowest BCUT2D eigenvalue weighted by Crippen LogP contribution is -2.60. The standard InChI is InChI=1S/C25H36N2O/c1-18-3-5-22(6-4-18)24-12-20-11-21(13-24)15-25(14-20,17-24)23(28)27-9-7-19(8-10-27)16-26-2/h3-6,19-21,26H,7-17H2,1-2H3. The predicted octanol–water partition coefficient (Wildman–Crippen LogP) is 4.29. The summed E-state index contributed by atoms with van der Waals surface area (Å²) in [6, 6.07) is 9.28. The molecule has 0 spiro atoms. The maximum Gasteiger partial charge on any atom is 0.228 e. The number of hydrogen-bond donors (Lipinski definition) is 1. The molecular formula is C25H36N2O. The molecule has 6 rings (SSSR count). The summed E-state index contributed by atoms with van der Waals surface area (Å²) in [6.45, 7) is 5.21. The lowest BCUT2D eigenvalue weighted by molar-refractivity contribution is -0.161. The van der Waals surface area contributed by atoms with Crippen molar-refractivity contribution in [2.24, 2.45) is 23.2 Å². The smallest absolute Gasteiger partial charge is 0.228 e. The third kappa shape index (κ3) is 3.01. The lowest BCUT2D eigenvalue weighted by Gasteiger charge is -2.62. The summed E-state index contributed by atoms with van der Waals surface area (Å²) in [5, 5.41) is 3.31. The van der Waals surface area contributed by atoms with Crippen LogP contribution in [-0.2, 0) is 10.2 Å². The number of hydrogen-bond acceptors (Lipinski definition) is 2. The van der Waals surface area contributed by atoms with Crippen molar-refractivity contribution in [2.75, 3.05) is 26.7 Å². The molecule has 1 N–H and O–H groups in total. The molecule has 152 valence electrons. The average Bonchev–Trinajstić information content (AvgIpc) is 2.68. The van der Waals surface area contributed by atoms with Crippen molar-refractivity contribution in [3.05, 3.63) is 35.4 Å². The van der Waals surface area contributed by atoms with Crippen LogP contribution in [-0.4, -0.2) is 37.5 Å². The first-order valence-electron chi connectivity index (χ1n) is 11.5. The molecule has 3 heteroatoms.